The molecule has 0 bridgehead atoms. The smallest absolute Gasteiger partial charge is 0.104 e. The first-order valence-corrected chi connectivity index (χ1v) is 18.7. The Morgan fingerprint density at radius 2 is 0.759 bits per heavy atom. The molecule has 0 aliphatic carbocycles. The van der Waals surface area contributed by atoms with E-state index in [2.05, 4.69) is 217 Å². The van der Waals surface area contributed by atoms with Gasteiger partial charge in [0.05, 0.1) is 6.04 Å². The van der Waals surface area contributed by atoms with Gasteiger partial charge >= 0.3 is 0 Å². The van der Waals surface area contributed by atoms with Crippen molar-refractivity contribution in [2.24, 2.45) is 0 Å². The summed E-state index contributed by atoms with van der Waals surface area (Å²) in [5, 5.41) is 15.4. The molecule has 256 valence electrons. The average Bonchev–Trinajstić information content (AvgIpc) is 3.27. The fourth-order valence-corrected chi connectivity index (χ4v) is 8.21. The van der Waals surface area contributed by atoms with Gasteiger partial charge < -0.3 is 5.32 Å². The van der Waals surface area contributed by atoms with E-state index >= 15 is 0 Å². The minimum atomic E-state index is -0.0873. The normalized spacial score (nSPS) is 15.6. The molecule has 0 saturated carbocycles. The molecule has 54 heavy (non-hydrogen) atoms. The van der Waals surface area contributed by atoms with E-state index < -0.39 is 0 Å². The fraction of sp³-hybridized carbons (Fsp3) is 0.0385. The minimum Gasteiger partial charge on any atom is -0.366 e. The zero-order valence-corrected chi connectivity index (χ0v) is 29.8. The molecule has 1 aliphatic rings. The van der Waals surface area contributed by atoms with Crippen molar-refractivity contribution in [3.8, 4) is 33.4 Å². The van der Waals surface area contributed by atoms with Gasteiger partial charge in [0.2, 0.25) is 0 Å². The van der Waals surface area contributed by atoms with Crippen LogP contribution in [0.4, 0.5) is 0 Å². The lowest BCUT2D eigenvalue weighted by atomic mass is 9.89. The predicted molar refractivity (Wildman–Crippen MR) is 228 cm³/mol. The van der Waals surface area contributed by atoms with Gasteiger partial charge in [-0.05, 0) is 119 Å². The van der Waals surface area contributed by atoms with Crippen LogP contribution in [-0.4, -0.2) is 0 Å². The van der Waals surface area contributed by atoms with Crippen LogP contribution in [0.2, 0.25) is 0 Å². The quantitative estimate of drug-likeness (QED) is 0.170. The number of fused-ring (bicyclic) bond motifs is 6. The van der Waals surface area contributed by atoms with Gasteiger partial charge in [-0.2, -0.15) is 0 Å². The van der Waals surface area contributed by atoms with E-state index in [0.717, 1.165) is 5.70 Å². The predicted octanol–water partition coefficient (Wildman–Crippen LogP) is 13.1. The maximum atomic E-state index is 3.90. The van der Waals surface area contributed by atoms with Crippen LogP contribution >= 0.6 is 0 Å². The van der Waals surface area contributed by atoms with Crippen LogP contribution in [0.3, 0.4) is 0 Å². The summed E-state index contributed by atoms with van der Waals surface area (Å²) in [5.74, 6) is 0. The van der Waals surface area contributed by atoms with Crippen LogP contribution in [0.1, 0.15) is 28.9 Å². The molecular weight excluding hydrogens is 653 g/mol. The molecule has 9 aromatic rings. The van der Waals surface area contributed by atoms with E-state index in [9.17, 15) is 0 Å². The Kier molecular flexibility index (Phi) is 8.09. The van der Waals surface area contributed by atoms with E-state index in [4.69, 9.17) is 0 Å². The van der Waals surface area contributed by atoms with Gasteiger partial charge in [-0.1, -0.05) is 170 Å². The van der Waals surface area contributed by atoms with Gasteiger partial charge in [-0.15, -0.1) is 0 Å². The first-order valence-electron chi connectivity index (χ1n) is 18.7. The van der Waals surface area contributed by atoms with E-state index in [-0.39, 0.29) is 12.2 Å². The van der Waals surface area contributed by atoms with Crippen LogP contribution < -0.4 is 10.6 Å². The van der Waals surface area contributed by atoms with Crippen molar-refractivity contribution >= 4 is 38.0 Å². The Morgan fingerprint density at radius 1 is 0.296 bits per heavy atom. The molecule has 0 fully saturated rings. The molecule has 2 N–H and O–H groups in total. The second-order valence-electron chi connectivity index (χ2n) is 14.2. The second-order valence-corrected chi connectivity index (χ2v) is 14.2. The molecule has 0 radical (unpaired) electrons. The Balaban J connectivity index is 1.09. The van der Waals surface area contributed by atoms with Crippen molar-refractivity contribution < 1.29 is 0 Å². The van der Waals surface area contributed by atoms with E-state index in [1.807, 2.05) is 0 Å². The monoisotopic (exact) mass is 690 g/mol. The summed E-state index contributed by atoms with van der Waals surface area (Å²) in [7, 11) is 0. The highest BCUT2D eigenvalue weighted by Crippen LogP contribution is 2.39. The minimum absolute atomic E-state index is 0.0606. The zero-order valence-electron chi connectivity index (χ0n) is 29.8. The maximum absolute atomic E-state index is 3.90. The number of nitrogens with one attached hydrogen (secondary N) is 2. The topological polar surface area (TPSA) is 24.1 Å². The second kappa shape index (κ2) is 13.7. The van der Waals surface area contributed by atoms with Gasteiger partial charge in [0.1, 0.15) is 6.17 Å². The molecule has 0 saturated heterocycles. The van der Waals surface area contributed by atoms with Crippen LogP contribution in [0, 0.1) is 0 Å². The number of hydrogen-bond acceptors (Lipinski definition) is 2. The molecule has 1 heterocycles. The lowest BCUT2D eigenvalue weighted by Gasteiger charge is -2.33. The van der Waals surface area contributed by atoms with Gasteiger partial charge in [-0.25, -0.2) is 0 Å². The molecular formula is C52H38N2. The maximum Gasteiger partial charge on any atom is 0.104 e. The summed E-state index contributed by atoms with van der Waals surface area (Å²) in [5.41, 5.74) is 11.9. The highest BCUT2D eigenvalue weighted by atomic mass is 15.2. The average molecular weight is 691 g/mol. The number of benzene rings is 9. The van der Waals surface area contributed by atoms with Crippen LogP contribution in [0.5, 0.6) is 0 Å². The molecule has 0 amide bonds. The SMILES string of the molecule is C1=C(c2ccccc2)NC(c2cccc(-c3cc(-c4ccccc4)cc(-c4ccc5c6ccccc6c6ccccc6c5c4)c3)c2)NC1c1ccccc1. The summed E-state index contributed by atoms with van der Waals surface area (Å²) in [6, 6.07) is 72.8. The molecule has 0 aromatic heterocycles. The standard InChI is InChI=1S/C52H38N2/c1-4-15-35(16-5-1)41-30-42(32-43(31-41)39-27-28-48-46-25-11-10-23-44(46)45-24-12-13-26-47(45)49(48)33-39)38-21-14-22-40(29-38)52-53-50(36-17-6-2-7-18-36)34-51(54-52)37-19-8-3-9-20-37/h1-34,50,52-54H. The summed E-state index contributed by atoms with van der Waals surface area (Å²) >= 11 is 0. The van der Waals surface area contributed by atoms with Crippen molar-refractivity contribution in [3.63, 3.8) is 0 Å². The van der Waals surface area contributed by atoms with Crippen molar-refractivity contribution in [1.82, 2.24) is 10.6 Å². The van der Waals surface area contributed by atoms with Crippen molar-refractivity contribution in [1.29, 1.82) is 0 Å². The highest BCUT2D eigenvalue weighted by molar-refractivity contribution is 6.25. The fourth-order valence-electron chi connectivity index (χ4n) is 8.21. The Bertz CT molecular complexity index is 2790. The number of rotatable bonds is 6. The Hall–Kier alpha value is -6.74. The lowest BCUT2D eigenvalue weighted by molar-refractivity contribution is 0.443. The molecule has 2 unspecified atom stereocenters. The molecule has 10 rings (SSSR count). The molecule has 2 nitrogen and oxygen atoms in total. The first kappa shape index (κ1) is 32.0. The van der Waals surface area contributed by atoms with E-state index in [1.165, 1.54) is 82.4 Å². The summed E-state index contributed by atoms with van der Waals surface area (Å²) in [6.07, 6.45) is 2.21. The van der Waals surface area contributed by atoms with Crippen molar-refractivity contribution in [2.75, 3.05) is 0 Å². The lowest BCUT2D eigenvalue weighted by Crippen LogP contribution is -2.39. The zero-order chi connectivity index (χ0) is 35.8. The molecule has 1 aliphatic heterocycles. The molecule has 2 atom stereocenters. The van der Waals surface area contributed by atoms with Gasteiger partial charge in [0, 0.05) is 5.70 Å². The Labute approximate surface area is 316 Å². The van der Waals surface area contributed by atoms with Crippen LogP contribution in [0.15, 0.2) is 206 Å². The van der Waals surface area contributed by atoms with E-state index in [1.54, 1.807) is 0 Å². The molecule has 0 spiro atoms. The van der Waals surface area contributed by atoms with Gasteiger partial charge in [0.15, 0.2) is 0 Å². The summed E-state index contributed by atoms with van der Waals surface area (Å²) in [6.45, 7) is 0. The van der Waals surface area contributed by atoms with Crippen molar-refractivity contribution in [3.05, 3.63) is 223 Å². The highest BCUT2D eigenvalue weighted by Gasteiger charge is 2.24. The third kappa shape index (κ3) is 5.93. The first-order chi connectivity index (χ1) is 26.7. The third-order valence-electron chi connectivity index (χ3n) is 10.9. The van der Waals surface area contributed by atoms with Crippen LogP contribution in [0.25, 0.3) is 71.4 Å². The summed E-state index contributed by atoms with van der Waals surface area (Å²) in [4.78, 5) is 0. The largest absolute Gasteiger partial charge is 0.366 e. The molecule has 2 heteroatoms. The van der Waals surface area contributed by atoms with E-state index in [0.29, 0.717) is 0 Å². The van der Waals surface area contributed by atoms with Gasteiger partial charge in [0.25, 0.3) is 0 Å². The van der Waals surface area contributed by atoms with Crippen LogP contribution in [-0.2, 0) is 0 Å². The summed E-state index contributed by atoms with van der Waals surface area (Å²) < 4.78 is 0. The Morgan fingerprint density at radius 3 is 1.39 bits per heavy atom. The third-order valence-corrected chi connectivity index (χ3v) is 10.9. The van der Waals surface area contributed by atoms with Gasteiger partial charge in [-0.3, -0.25) is 5.32 Å². The number of hydrogen-bond donors (Lipinski definition) is 2. The van der Waals surface area contributed by atoms with Crippen molar-refractivity contribution in [2.45, 2.75) is 12.2 Å². The molecule has 9 aromatic carbocycles.